The predicted molar refractivity (Wildman–Crippen MR) is 46.7 cm³/mol. The van der Waals surface area contributed by atoms with Crippen LogP contribution in [0.25, 0.3) is 0 Å². The number of rotatable bonds is 3. The minimum absolute atomic E-state index is 0.365. The van der Waals surface area contributed by atoms with Crippen LogP contribution in [0.5, 0.6) is 0 Å². The average molecular weight is 173 g/mol. The van der Waals surface area contributed by atoms with Crippen LogP contribution in [0.2, 0.25) is 0 Å². The molecule has 1 aromatic rings. The zero-order valence-electron chi connectivity index (χ0n) is 6.51. The highest BCUT2D eigenvalue weighted by Crippen LogP contribution is 2.27. The summed E-state index contributed by atoms with van der Waals surface area (Å²) in [5.74, 6) is 0. The van der Waals surface area contributed by atoms with Gasteiger partial charge in [0.1, 0.15) is 6.67 Å². The monoisotopic (exact) mass is 173 g/mol. The van der Waals surface area contributed by atoms with Gasteiger partial charge in [0.05, 0.1) is 0 Å². The Morgan fingerprint density at radius 3 is 2.82 bits per heavy atom. The molecule has 3 heteroatoms. The van der Waals surface area contributed by atoms with Gasteiger partial charge in [-0.3, -0.25) is 4.39 Å². The predicted octanol–water partition coefficient (Wildman–Crippen LogP) is 1.93. The van der Waals surface area contributed by atoms with Gasteiger partial charge in [0, 0.05) is 16.8 Å². The molecule has 1 nitrogen and oxygen atoms in total. The lowest BCUT2D eigenvalue weighted by Crippen LogP contribution is -2.32. The number of hydrogen-bond donors (Lipinski definition) is 1. The van der Waals surface area contributed by atoms with E-state index in [9.17, 15) is 4.39 Å². The Bertz CT molecular complexity index is 204. The molecule has 0 aliphatic rings. The van der Waals surface area contributed by atoms with Crippen LogP contribution in [0, 0.1) is 0 Å². The molecule has 0 aliphatic heterocycles. The van der Waals surface area contributed by atoms with Crippen LogP contribution in [0.3, 0.4) is 0 Å². The van der Waals surface area contributed by atoms with Gasteiger partial charge in [0.2, 0.25) is 0 Å². The molecule has 0 aromatic carbocycles. The van der Waals surface area contributed by atoms with E-state index in [1.165, 1.54) is 0 Å². The first-order valence-corrected chi connectivity index (χ1v) is 4.41. The lowest BCUT2D eigenvalue weighted by Gasteiger charge is -2.22. The van der Waals surface area contributed by atoms with Crippen LogP contribution in [0.15, 0.2) is 17.5 Å². The lowest BCUT2D eigenvalue weighted by molar-refractivity contribution is 0.339. The van der Waals surface area contributed by atoms with Crippen molar-refractivity contribution < 1.29 is 4.39 Å². The van der Waals surface area contributed by atoms with E-state index in [0.29, 0.717) is 6.54 Å². The largest absolute Gasteiger partial charge is 0.329 e. The van der Waals surface area contributed by atoms with E-state index >= 15 is 0 Å². The van der Waals surface area contributed by atoms with E-state index in [0.717, 1.165) is 4.88 Å². The number of hydrogen-bond acceptors (Lipinski definition) is 2. The number of nitrogens with two attached hydrogens (primary N) is 1. The summed E-state index contributed by atoms with van der Waals surface area (Å²) in [4.78, 5) is 1.03. The second kappa shape index (κ2) is 3.32. The minimum atomic E-state index is -0.464. The molecule has 2 N–H and O–H groups in total. The van der Waals surface area contributed by atoms with E-state index in [2.05, 4.69) is 0 Å². The minimum Gasteiger partial charge on any atom is -0.329 e. The quantitative estimate of drug-likeness (QED) is 0.742. The summed E-state index contributed by atoms with van der Waals surface area (Å²) in [6.45, 7) is 1.83. The normalized spacial score (nSPS) is 16.3. The molecule has 0 fully saturated rings. The first-order chi connectivity index (χ1) is 5.23. The molecule has 1 heterocycles. The molecule has 1 atom stereocenters. The summed E-state index contributed by atoms with van der Waals surface area (Å²) in [7, 11) is 0. The van der Waals surface area contributed by atoms with Crippen molar-refractivity contribution in [1.29, 1.82) is 0 Å². The third-order valence-electron chi connectivity index (χ3n) is 1.86. The standard InChI is InChI=1S/C8H12FNS/c1-8(5-9,6-10)7-3-2-4-11-7/h2-4H,5-6,10H2,1H3. The van der Waals surface area contributed by atoms with Gasteiger partial charge in [-0.2, -0.15) is 0 Å². The Hall–Kier alpha value is -0.410. The second-order valence-electron chi connectivity index (χ2n) is 2.88. The first-order valence-electron chi connectivity index (χ1n) is 3.53. The van der Waals surface area contributed by atoms with Crippen LogP contribution in [-0.4, -0.2) is 13.2 Å². The Labute approximate surface area is 70.0 Å². The van der Waals surface area contributed by atoms with Crippen LogP contribution < -0.4 is 5.73 Å². The van der Waals surface area contributed by atoms with Crippen molar-refractivity contribution in [2.45, 2.75) is 12.3 Å². The third-order valence-corrected chi connectivity index (χ3v) is 3.04. The van der Waals surface area contributed by atoms with Crippen LogP contribution in [0.1, 0.15) is 11.8 Å². The number of alkyl halides is 1. The maximum Gasteiger partial charge on any atom is 0.101 e. The van der Waals surface area contributed by atoms with E-state index in [4.69, 9.17) is 5.73 Å². The molecule has 0 spiro atoms. The molecule has 1 aromatic heterocycles. The molecule has 11 heavy (non-hydrogen) atoms. The molecular weight excluding hydrogens is 161 g/mol. The van der Waals surface area contributed by atoms with Gasteiger partial charge < -0.3 is 5.73 Å². The van der Waals surface area contributed by atoms with Crippen LogP contribution in [-0.2, 0) is 5.41 Å². The van der Waals surface area contributed by atoms with E-state index in [1.807, 2.05) is 24.4 Å². The van der Waals surface area contributed by atoms with Gasteiger partial charge in [0.25, 0.3) is 0 Å². The van der Waals surface area contributed by atoms with Gasteiger partial charge in [0.15, 0.2) is 0 Å². The maximum absolute atomic E-state index is 12.5. The third kappa shape index (κ3) is 1.60. The molecule has 62 valence electrons. The second-order valence-corrected chi connectivity index (χ2v) is 3.82. The Morgan fingerprint density at radius 2 is 2.45 bits per heavy atom. The highest BCUT2D eigenvalue weighted by atomic mass is 32.1. The van der Waals surface area contributed by atoms with Crippen LogP contribution in [0.4, 0.5) is 4.39 Å². The Kier molecular flexibility index (Phi) is 2.62. The summed E-state index contributed by atoms with van der Waals surface area (Å²) in [6, 6.07) is 3.85. The van der Waals surface area contributed by atoms with Gasteiger partial charge in [-0.25, -0.2) is 0 Å². The highest BCUT2D eigenvalue weighted by molar-refractivity contribution is 7.10. The summed E-state index contributed by atoms with van der Waals surface area (Å²) in [5, 5.41) is 1.94. The van der Waals surface area contributed by atoms with Gasteiger partial charge in [-0.15, -0.1) is 11.3 Å². The van der Waals surface area contributed by atoms with Crippen molar-refractivity contribution in [2.24, 2.45) is 5.73 Å². The first kappa shape index (κ1) is 8.68. The molecule has 0 radical (unpaired) electrons. The Balaban J connectivity index is 2.87. The molecular formula is C8H12FNS. The van der Waals surface area contributed by atoms with Crippen molar-refractivity contribution in [3.8, 4) is 0 Å². The molecule has 1 unspecified atom stereocenters. The topological polar surface area (TPSA) is 26.0 Å². The smallest absolute Gasteiger partial charge is 0.101 e. The fourth-order valence-corrected chi connectivity index (χ4v) is 1.73. The summed E-state index contributed by atoms with van der Waals surface area (Å²) in [6.07, 6.45) is 0. The zero-order chi connectivity index (χ0) is 8.32. The number of thiophene rings is 1. The molecule has 0 amide bonds. The summed E-state index contributed by atoms with van der Waals surface area (Å²) < 4.78 is 12.5. The van der Waals surface area contributed by atoms with E-state index < -0.39 is 5.41 Å². The van der Waals surface area contributed by atoms with Gasteiger partial charge in [-0.1, -0.05) is 13.0 Å². The summed E-state index contributed by atoms with van der Waals surface area (Å²) >= 11 is 1.56. The van der Waals surface area contributed by atoms with Gasteiger partial charge in [-0.05, 0) is 11.4 Å². The maximum atomic E-state index is 12.5. The molecule has 0 saturated carbocycles. The van der Waals surface area contributed by atoms with E-state index in [1.54, 1.807) is 11.3 Å². The van der Waals surface area contributed by atoms with Crippen molar-refractivity contribution >= 4 is 11.3 Å². The molecule has 1 rings (SSSR count). The van der Waals surface area contributed by atoms with Crippen molar-refractivity contribution in [1.82, 2.24) is 0 Å². The van der Waals surface area contributed by atoms with Crippen molar-refractivity contribution in [2.75, 3.05) is 13.2 Å². The summed E-state index contributed by atoms with van der Waals surface area (Å²) in [5.41, 5.74) is 5.01. The Morgan fingerprint density at radius 1 is 1.73 bits per heavy atom. The average Bonchev–Trinajstić information content (AvgIpc) is 2.55. The zero-order valence-corrected chi connectivity index (χ0v) is 7.33. The number of halogens is 1. The lowest BCUT2D eigenvalue weighted by atomic mass is 9.91. The van der Waals surface area contributed by atoms with E-state index in [-0.39, 0.29) is 6.67 Å². The van der Waals surface area contributed by atoms with Crippen molar-refractivity contribution in [3.63, 3.8) is 0 Å². The van der Waals surface area contributed by atoms with Gasteiger partial charge >= 0.3 is 0 Å². The highest BCUT2D eigenvalue weighted by Gasteiger charge is 2.25. The fraction of sp³-hybridized carbons (Fsp3) is 0.500. The SMILES string of the molecule is CC(CN)(CF)c1cccs1. The van der Waals surface area contributed by atoms with Crippen molar-refractivity contribution in [3.05, 3.63) is 22.4 Å². The molecule has 0 bridgehead atoms. The fourth-order valence-electron chi connectivity index (χ4n) is 0.843. The van der Waals surface area contributed by atoms with Crippen LogP contribution >= 0.6 is 11.3 Å². The molecule has 0 aliphatic carbocycles. The molecule has 0 saturated heterocycles.